The monoisotopic (exact) mass is 812 g/mol. The number of esters is 1. The number of nitrogens with one attached hydrogen (secondary N) is 1. The molecule has 0 radical (unpaired) electrons. The minimum Gasteiger partial charge on any atom is -0.459 e. The lowest BCUT2D eigenvalue weighted by Crippen LogP contribution is -2.27. The number of hydrogen-bond donors (Lipinski definition) is 3. The van der Waals surface area contributed by atoms with Crippen LogP contribution in [0.5, 0.6) is 0 Å². The molecule has 1 unspecified atom stereocenters. The van der Waals surface area contributed by atoms with E-state index in [1.165, 1.54) is 128 Å². The minimum atomic E-state index is -4.00. The van der Waals surface area contributed by atoms with E-state index in [1.807, 2.05) is 11.8 Å². The van der Waals surface area contributed by atoms with E-state index in [0.29, 0.717) is 46.1 Å². The lowest BCUT2D eigenvalue weighted by Gasteiger charge is -2.18. The summed E-state index contributed by atoms with van der Waals surface area (Å²) >= 11 is 1.83. The molecule has 324 valence electrons. The predicted octanol–water partition coefficient (Wildman–Crippen LogP) is 10.3. The van der Waals surface area contributed by atoms with Gasteiger partial charge in [0.2, 0.25) is 0 Å². The third-order valence-electron chi connectivity index (χ3n) is 9.37. The number of ether oxygens (including phenoxy) is 5. The summed E-state index contributed by atoms with van der Waals surface area (Å²) < 4.78 is 38.8. The van der Waals surface area contributed by atoms with E-state index >= 15 is 0 Å². The van der Waals surface area contributed by atoms with Crippen LogP contribution in [-0.4, -0.2) is 105 Å². The summed E-state index contributed by atoms with van der Waals surface area (Å²) in [7, 11) is -4.00. The van der Waals surface area contributed by atoms with Gasteiger partial charge in [-0.1, -0.05) is 149 Å². The van der Waals surface area contributed by atoms with E-state index in [-0.39, 0.29) is 24.8 Å². The fourth-order valence-corrected chi connectivity index (χ4v) is 7.37. The van der Waals surface area contributed by atoms with Crippen LogP contribution < -0.4 is 5.32 Å². The molecule has 0 aliphatic rings. The molecule has 0 aromatic carbocycles. The highest BCUT2D eigenvalue weighted by Gasteiger charge is 2.15. The highest BCUT2D eigenvalue weighted by Crippen LogP contribution is 2.33. The van der Waals surface area contributed by atoms with Crippen LogP contribution >= 0.6 is 19.4 Å². The molecule has 0 aromatic heterocycles. The smallest absolute Gasteiger partial charge is 0.327 e. The van der Waals surface area contributed by atoms with Gasteiger partial charge < -0.3 is 38.8 Å². The van der Waals surface area contributed by atoms with Crippen LogP contribution in [0.4, 0.5) is 0 Å². The summed E-state index contributed by atoms with van der Waals surface area (Å²) in [5.41, 5.74) is 0. The van der Waals surface area contributed by atoms with Gasteiger partial charge in [-0.05, 0) is 31.6 Å². The molecule has 0 fully saturated rings. The van der Waals surface area contributed by atoms with E-state index in [9.17, 15) is 9.36 Å². The number of rotatable bonds is 46. The molecule has 3 N–H and O–H groups in total. The summed E-state index contributed by atoms with van der Waals surface area (Å²) in [6, 6.07) is 0. The number of carbonyl (C=O) groups is 1. The molecular weight excluding hydrogens is 726 g/mol. The maximum absolute atomic E-state index is 12.7. The Bertz CT molecular complexity index is 808. The van der Waals surface area contributed by atoms with Gasteiger partial charge in [-0.2, -0.15) is 11.8 Å². The van der Waals surface area contributed by atoms with Crippen LogP contribution in [0, 0.1) is 0 Å². The molecule has 0 amide bonds. The normalized spacial score (nSPS) is 12.4. The van der Waals surface area contributed by atoms with Crippen LogP contribution in [-0.2, 0) is 33.0 Å². The maximum atomic E-state index is 12.7. The summed E-state index contributed by atoms with van der Waals surface area (Å²) in [6.07, 6.45) is 30.9. The molecule has 0 heterocycles. The average Bonchev–Trinajstić information content (AvgIpc) is 3.14. The highest BCUT2D eigenvalue weighted by atomic mass is 32.2. The van der Waals surface area contributed by atoms with Gasteiger partial charge in [-0.3, -0.25) is 9.36 Å². The first-order chi connectivity index (χ1) is 26.4. The van der Waals surface area contributed by atoms with Crippen molar-refractivity contribution in [1.29, 1.82) is 0 Å². The van der Waals surface area contributed by atoms with Gasteiger partial charge in [0.1, 0.15) is 6.10 Å². The molecule has 0 bridgehead atoms. The van der Waals surface area contributed by atoms with Crippen LogP contribution in [0.3, 0.4) is 0 Å². The highest BCUT2D eigenvalue weighted by molar-refractivity contribution is 7.99. The molecule has 0 spiro atoms. The van der Waals surface area contributed by atoms with E-state index in [0.717, 1.165) is 56.9 Å². The largest absolute Gasteiger partial charge is 0.459 e. The van der Waals surface area contributed by atoms with Crippen molar-refractivity contribution in [2.45, 2.75) is 180 Å². The number of carbonyl (C=O) groups excluding carboxylic acids is 1. The molecule has 0 aliphatic carbocycles. The Morgan fingerprint density at radius 1 is 0.556 bits per heavy atom. The molecule has 0 rings (SSSR count). The molecule has 12 heteroatoms. The SMILES string of the molecule is CCCCCCCCCCCCCCOCC(CSCCCNCCOCCOCCOCCP(=O)(O)O)OC(=O)CCCCCCCCCCCCC. The van der Waals surface area contributed by atoms with E-state index in [1.54, 1.807) is 0 Å². The van der Waals surface area contributed by atoms with Crippen molar-refractivity contribution in [3.05, 3.63) is 0 Å². The lowest BCUT2D eigenvalue weighted by atomic mass is 10.1. The topological polar surface area (TPSA) is 133 Å². The van der Waals surface area contributed by atoms with E-state index in [4.69, 9.17) is 33.5 Å². The summed E-state index contributed by atoms with van der Waals surface area (Å²) in [5, 5.41) is 3.41. The quantitative estimate of drug-likeness (QED) is 0.0308. The van der Waals surface area contributed by atoms with Gasteiger partial charge >= 0.3 is 13.6 Å². The van der Waals surface area contributed by atoms with Gasteiger partial charge in [0, 0.05) is 25.3 Å². The van der Waals surface area contributed by atoms with Gasteiger partial charge in [0.05, 0.1) is 52.4 Å². The van der Waals surface area contributed by atoms with Crippen LogP contribution in [0.25, 0.3) is 0 Å². The van der Waals surface area contributed by atoms with Crippen molar-refractivity contribution < 1.29 is 42.8 Å². The van der Waals surface area contributed by atoms with Crippen molar-refractivity contribution in [2.75, 3.05) is 83.6 Å². The zero-order chi connectivity index (χ0) is 39.5. The zero-order valence-corrected chi connectivity index (χ0v) is 36.8. The third-order valence-corrected chi connectivity index (χ3v) is 11.3. The second-order valence-corrected chi connectivity index (χ2v) is 17.7. The van der Waals surface area contributed by atoms with Crippen LogP contribution in [0.1, 0.15) is 174 Å². The molecule has 0 aromatic rings. The second-order valence-electron chi connectivity index (χ2n) is 14.8. The molecule has 10 nitrogen and oxygen atoms in total. The average molecular weight is 812 g/mol. The lowest BCUT2D eigenvalue weighted by molar-refractivity contribution is -0.150. The Morgan fingerprint density at radius 3 is 1.54 bits per heavy atom. The van der Waals surface area contributed by atoms with Crippen molar-refractivity contribution in [2.24, 2.45) is 0 Å². The Balaban J connectivity index is 4.05. The molecule has 1 atom stereocenters. The van der Waals surface area contributed by atoms with Gasteiger partial charge in [0.25, 0.3) is 0 Å². The van der Waals surface area contributed by atoms with Gasteiger partial charge in [-0.25, -0.2) is 0 Å². The summed E-state index contributed by atoms with van der Waals surface area (Å²) in [6.45, 7) is 9.66. The standard InChI is InChI=1S/C42H86NO9PS/c1-3-5-7-9-11-13-15-17-19-21-23-25-30-51-39-41(52-42(44)27-24-22-20-18-16-14-12-10-8-6-4-2)40-54-38-26-28-43-29-31-48-32-33-49-34-35-50-36-37-53(45,46)47/h41,43H,3-40H2,1-2H3,(H2,45,46,47). The molecule has 0 aliphatic heterocycles. The van der Waals surface area contributed by atoms with Crippen LogP contribution in [0.15, 0.2) is 0 Å². The predicted molar refractivity (Wildman–Crippen MR) is 227 cm³/mol. The Hall–Kier alpha value is -0.230. The fourth-order valence-electron chi connectivity index (χ4n) is 6.06. The van der Waals surface area contributed by atoms with Crippen molar-refractivity contribution in [1.82, 2.24) is 5.32 Å². The van der Waals surface area contributed by atoms with E-state index in [2.05, 4.69) is 19.2 Å². The number of hydrogen-bond acceptors (Lipinski definition) is 9. The van der Waals surface area contributed by atoms with Crippen LogP contribution in [0.2, 0.25) is 0 Å². The first-order valence-electron chi connectivity index (χ1n) is 22.2. The second kappa shape index (κ2) is 43.9. The summed E-state index contributed by atoms with van der Waals surface area (Å²) in [4.78, 5) is 30.3. The molecule has 0 saturated carbocycles. The summed E-state index contributed by atoms with van der Waals surface area (Å²) in [5.74, 6) is 1.67. The molecule has 54 heavy (non-hydrogen) atoms. The Labute approximate surface area is 336 Å². The maximum Gasteiger partial charge on any atom is 0.327 e. The Kier molecular flexibility index (Phi) is 43.7. The first-order valence-corrected chi connectivity index (χ1v) is 25.2. The Morgan fingerprint density at radius 2 is 1.02 bits per heavy atom. The van der Waals surface area contributed by atoms with E-state index < -0.39 is 7.60 Å². The minimum absolute atomic E-state index is 0.0236. The first kappa shape index (κ1) is 53.8. The van der Waals surface area contributed by atoms with Gasteiger partial charge in [0.15, 0.2) is 0 Å². The molecular formula is C42H86NO9PS. The number of thioether (sulfide) groups is 1. The third kappa shape index (κ3) is 46.2. The fraction of sp³-hybridized carbons (Fsp3) is 0.976. The van der Waals surface area contributed by atoms with Crippen molar-refractivity contribution >= 4 is 25.3 Å². The number of unbranched alkanes of at least 4 members (excludes halogenated alkanes) is 21. The van der Waals surface area contributed by atoms with Crippen molar-refractivity contribution in [3.63, 3.8) is 0 Å². The van der Waals surface area contributed by atoms with Gasteiger partial charge in [-0.15, -0.1) is 0 Å². The zero-order valence-electron chi connectivity index (χ0n) is 35.1. The van der Waals surface area contributed by atoms with Crippen molar-refractivity contribution in [3.8, 4) is 0 Å². The molecule has 0 saturated heterocycles.